The van der Waals surface area contributed by atoms with Crippen molar-refractivity contribution in [2.24, 2.45) is 0 Å². The first-order valence-corrected chi connectivity index (χ1v) is 7.68. The van der Waals surface area contributed by atoms with Crippen molar-refractivity contribution in [2.75, 3.05) is 17.3 Å². The molecular formula is C13H12FN3O3S. The molecule has 0 saturated heterocycles. The van der Waals surface area contributed by atoms with E-state index >= 15 is 0 Å². The van der Waals surface area contributed by atoms with E-state index in [4.69, 9.17) is 5.73 Å². The van der Waals surface area contributed by atoms with Gasteiger partial charge in [-0.15, -0.1) is 0 Å². The second-order valence-corrected chi connectivity index (χ2v) is 6.40. The van der Waals surface area contributed by atoms with Crippen LogP contribution in [-0.4, -0.2) is 25.6 Å². The smallest absolute Gasteiger partial charge is 0.255 e. The van der Waals surface area contributed by atoms with Crippen LogP contribution in [-0.2, 0) is 9.84 Å². The zero-order chi connectivity index (χ0) is 15.6. The predicted octanol–water partition coefficient (Wildman–Crippen LogP) is 1.46. The minimum atomic E-state index is -3.48. The third-order valence-corrected chi connectivity index (χ3v) is 3.70. The van der Waals surface area contributed by atoms with E-state index in [9.17, 15) is 17.6 Å². The summed E-state index contributed by atoms with van der Waals surface area (Å²) in [6, 6.07) is 6.27. The molecule has 0 fully saturated rings. The Bertz CT molecular complexity index is 789. The van der Waals surface area contributed by atoms with Crippen LogP contribution in [0.15, 0.2) is 41.4 Å². The number of benzene rings is 1. The summed E-state index contributed by atoms with van der Waals surface area (Å²) in [5, 5.41) is 2.47. The lowest BCUT2D eigenvalue weighted by molar-refractivity contribution is 0.102. The van der Waals surface area contributed by atoms with Crippen LogP contribution in [0.2, 0.25) is 0 Å². The summed E-state index contributed by atoms with van der Waals surface area (Å²) >= 11 is 0. The van der Waals surface area contributed by atoms with Gasteiger partial charge in [0.15, 0.2) is 9.84 Å². The number of aromatic nitrogens is 1. The molecule has 0 aliphatic carbocycles. The molecule has 8 heteroatoms. The van der Waals surface area contributed by atoms with Crippen molar-refractivity contribution in [3.8, 4) is 0 Å². The van der Waals surface area contributed by atoms with E-state index < -0.39 is 21.7 Å². The largest absolute Gasteiger partial charge is 0.399 e. The van der Waals surface area contributed by atoms with Gasteiger partial charge in [0.1, 0.15) is 0 Å². The second kappa shape index (κ2) is 5.49. The number of amides is 1. The quantitative estimate of drug-likeness (QED) is 0.660. The normalized spacial score (nSPS) is 11.1. The topological polar surface area (TPSA) is 102 Å². The summed E-state index contributed by atoms with van der Waals surface area (Å²) in [4.78, 5) is 15.4. The highest BCUT2D eigenvalue weighted by Gasteiger charge is 2.14. The Hall–Kier alpha value is -2.48. The van der Waals surface area contributed by atoms with Crippen LogP contribution >= 0.6 is 0 Å². The van der Waals surface area contributed by atoms with Crippen molar-refractivity contribution >= 4 is 27.1 Å². The minimum Gasteiger partial charge on any atom is -0.399 e. The van der Waals surface area contributed by atoms with E-state index in [2.05, 4.69) is 10.3 Å². The molecule has 2 rings (SSSR count). The van der Waals surface area contributed by atoms with Gasteiger partial charge in [0.05, 0.1) is 16.8 Å². The summed E-state index contributed by atoms with van der Waals surface area (Å²) in [5.74, 6) is -1.24. The molecule has 0 aliphatic rings. The Labute approximate surface area is 120 Å². The Morgan fingerprint density at radius 1 is 1.29 bits per heavy atom. The summed E-state index contributed by atoms with van der Waals surface area (Å²) < 4.78 is 35.7. The molecule has 1 heterocycles. The SMILES string of the molecule is CS(=O)(=O)c1cc(N)cc(C(=O)Nc2ccc(F)nc2)c1. The molecule has 6 nitrogen and oxygen atoms in total. The molecule has 0 radical (unpaired) electrons. The van der Waals surface area contributed by atoms with Gasteiger partial charge in [-0.1, -0.05) is 0 Å². The van der Waals surface area contributed by atoms with E-state index in [1.807, 2.05) is 0 Å². The van der Waals surface area contributed by atoms with E-state index in [-0.39, 0.29) is 21.8 Å². The molecule has 110 valence electrons. The van der Waals surface area contributed by atoms with E-state index in [0.29, 0.717) is 0 Å². The molecule has 0 spiro atoms. The molecule has 0 saturated carbocycles. The molecular weight excluding hydrogens is 297 g/mol. The van der Waals surface area contributed by atoms with Crippen LogP contribution in [0.1, 0.15) is 10.4 Å². The zero-order valence-corrected chi connectivity index (χ0v) is 11.8. The summed E-state index contributed by atoms with van der Waals surface area (Å²) in [6.45, 7) is 0. The van der Waals surface area contributed by atoms with Crippen LogP contribution in [0.5, 0.6) is 0 Å². The molecule has 0 unspecified atom stereocenters. The number of pyridine rings is 1. The van der Waals surface area contributed by atoms with Gasteiger partial charge in [0.2, 0.25) is 5.95 Å². The predicted molar refractivity (Wildman–Crippen MR) is 76.1 cm³/mol. The minimum absolute atomic E-state index is 0.0510. The van der Waals surface area contributed by atoms with Gasteiger partial charge >= 0.3 is 0 Å². The zero-order valence-electron chi connectivity index (χ0n) is 11.0. The fourth-order valence-corrected chi connectivity index (χ4v) is 2.31. The van der Waals surface area contributed by atoms with Gasteiger partial charge in [-0.2, -0.15) is 4.39 Å². The number of hydrogen-bond acceptors (Lipinski definition) is 5. The van der Waals surface area contributed by atoms with Gasteiger partial charge in [0, 0.05) is 17.5 Å². The summed E-state index contributed by atoms with van der Waals surface area (Å²) in [6.07, 6.45) is 2.17. The summed E-state index contributed by atoms with van der Waals surface area (Å²) in [7, 11) is -3.48. The Morgan fingerprint density at radius 2 is 2.00 bits per heavy atom. The van der Waals surface area contributed by atoms with E-state index in [1.54, 1.807) is 0 Å². The average Bonchev–Trinajstić information content (AvgIpc) is 2.39. The monoisotopic (exact) mass is 309 g/mol. The molecule has 1 aromatic carbocycles. The van der Waals surface area contributed by atoms with E-state index in [0.717, 1.165) is 18.5 Å². The number of sulfone groups is 1. The number of carbonyl (C=O) groups is 1. The highest BCUT2D eigenvalue weighted by atomic mass is 32.2. The number of halogens is 1. The lowest BCUT2D eigenvalue weighted by Gasteiger charge is -2.07. The fraction of sp³-hybridized carbons (Fsp3) is 0.0769. The standard InChI is InChI=1S/C13H12FN3O3S/c1-21(19,20)11-5-8(4-9(15)6-11)13(18)17-10-2-3-12(14)16-7-10/h2-7H,15H2,1H3,(H,17,18). The number of nitrogens with two attached hydrogens (primary N) is 1. The maximum absolute atomic E-state index is 12.7. The van der Waals surface area contributed by atoms with Gasteiger partial charge in [0.25, 0.3) is 5.91 Å². The van der Waals surface area contributed by atoms with Crippen molar-refractivity contribution in [2.45, 2.75) is 4.90 Å². The maximum Gasteiger partial charge on any atom is 0.255 e. The van der Waals surface area contributed by atoms with Crippen LogP contribution in [0.3, 0.4) is 0 Å². The number of hydrogen-bond donors (Lipinski definition) is 2. The van der Waals surface area contributed by atoms with Gasteiger partial charge < -0.3 is 11.1 Å². The van der Waals surface area contributed by atoms with Crippen LogP contribution in [0.25, 0.3) is 0 Å². The Kier molecular flexibility index (Phi) is 3.90. The lowest BCUT2D eigenvalue weighted by Crippen LogP contribution is -2.13. The van der Waals surface area contributed by atoms with Crippen molar-refractivity contribution < 1.29 is 17.6 Å². The highest BCUT2D eigenvalue weighted by molar-refractivity contribution is 7.90. The highest BCUT2D eigenvalue weighted by Crippen LogP contribution is 2.18. The van der Waals surface area contributed by atoms with Gasteiger partial charge in [-0.3, -0.25) is 4.79 Å². The van der Waals surface area contributed by atoms with Crippen molar-refractivity contribution in [3.05, 3.63) is 48.0 Å². The number of rotatable bonds is 3. The number of nitrogen functional groups attached to an aromatic ring is 1. The maximum atomic E-state index is 12.7. The Balaban J connectivity index is 2.31. The lowest BCUT2D eigenvalue weighted by atomic mass is 10.2. The first-order chi connectivity index (χ1) is 9.75. The molecule has 3 N–H and O–H groups in total. The number of nitrogens with zero attached hydrogens (tertiary/aromatic N) is 1. The van der Waals surface area contributed by atoms with Crippen LogP contribution in [0, 0.1) is 5.95 Å². The summed E-state index contributed by atoms with van der Waals surface area (Å²) in [5.41, 5.74) is 6.12. The fourth-order valence-electron chi connectivity index (χ4n) is 1.62. The van der Waals surface area contributed by atoms with Crippen molar-refractivity contribution in [1.82, 2.24) is 4.98 Å². The van der Waals surface area contributed by atoms with Gasteiger partial charge in [-0.05, 0) is 30.3 Å². The molecule has 21 heavy (non-hydrogen) atoms. The third-order valence-electron chi connectivity index (χ3n) is 2.60. The van der Waals surface area contributed by atoms with Crippen LogP contribution in [0.4, 0.5) is 15.8 Å². The Morgan fingerprint density at radius 3 is 2.57 bits per heavy atom. The van der Waals surface area contributed by atoms with E-state index in [1.165, 1.54) is 24.3 Å². The molecule has 0 aliphatic heterocycles. The molecule has 1 amide bonds. The number of nitrogens with one attached hydrogen (secondary N) is 1. The first kappa shape index (κ1) is 14.9. The molecule has 0 atom stereocenters. The third kappa shape index (κ3) is 3.76. The molecule has 1 aromatic heterocycles. The average molecular weight is 309 g/mol. The first-order valence-electron chi connectivity index (χ1n) is 5.79. The second-order valence-electron chi connectivity index (χ2n) is 4.39. The molecule has 2 aromatic rings. The van der Waals surface area contributed by atoms with Crippen molar-refractivity contribution in [3.63, 3.8) is 0 Å². The molecule has 0 bridgehead atoms. The van der Waals surface area contributed by atoms with Gasteiger partial charge in [-0.25, -0.2) is 13.4 Å². The number of carbonyl (C=O) groups excluding carboxylic acids is 1. The van der Waals surface area contributed by atoms with Crippen LogP contribution < -0.4 is 11.1 Å². The number of anilines is 2. The van der Waals surface area contributed by atoms with Crippen molar-refractivity contribution in [1.29, 1.82) is 0 Å².